The molecule has 0 N–H and O–H groups in total. The monoisotopic (exact) mass is 497 g/mol. The predicted molar refractivity (Wildman–Crippen MR) is 144 cm³/mol. The Labute approximate surface area is 209 Å². The minimum atomic E-state index is -2.59. The van der Waals surface area contributed by atoms with Crippen LogP contribution in [0.1, 0.15) is 57.4 Å². The quantitative estimate of drug-likeness (QED) is 0.287. The van der Waals surface area contributed by atoms with Crippen LogP contribution in [0.4, 0.5) is 20.2 Å². The van der Waals surface area contributed by atoms with Gasteiger partial charge in [0, 0.05) is 48.0 Å². The van der Waals surface area contributed by atoms with E-state index in [4.69, 9.17) is 0 Å². The number of fused-ring (bicyclic) bond motifs is 2. The van der Waals surface area contributed by atoms with E-state index in [2.05, 4.69) is 9.88 Å². The summed E-state index contributed by atoms with van der Waals surface area (Å²) >= 11 is 1.21. The number of pyridine rings is 1. The molecule has 0 saturated heterocycles. The summed E-state index contributed by atoms with van der Waals surface area (Å²) in [5, 5.41) is 0. The zero-order valence-electron chi connectivity index (χ0n) is 21.2. The minimum absolute atomic E-state index is 0.0115. The SMILES string of the molecule is CC.CC.Cc1ccc(-c2cc3c(cc2C(F)F)N(c2ccc4sc(=O)n(C)c4c2)CCC3)cn1. The summed E-state index contributed by atoms with van der Waals surface area (Å²) in [6.07, 6.45) is 0.827. The molecule has 0 radical (unpaired) electrons. The van der Waals surface area contributed by atoms with Crippen molar-refractivity contribution in [1.82, 2.24) is 9.55 Å². The van der Waals surface area contributed by atoms with E-state index in [1.165, 1.54) is 11.3 Å². The molecule has 1 aliphatic rings. The molecule has 0 atom stereocenters. The first-order chi connectivity index (χ1) is 16.9. The summed E-state index contributed by atoms with van der Waals surface area (Å²) in [5.74, 6) is 0. The predicted octanol–water partition coefficient (Wildman–Crippen LogP) is 8.04. The lowest BCUT2D eigenvalue weighted by Crippen LogP contribution is -2.25. The Morgan fingerprint density at radius 3 is 2.43 bits per heavy atom. The van der Waals surface area contributed by atoms with Gasteiger partial charge < -0.3 is 9.47 Å². The molecular formula is C28H33F2N3OS. The molecule has 186 valence electrons. The molecule has 2 aromatic carbocycles. The van der Waals surface area contributed by atoms with Gasteiger partial charge in [-0.05, 0) is 67.3 Å². The molecule has 4 aromatic rings. The zero-order valence-corrected chi connectivity index (χ0v) is 22.0. The van der Waals surface area contributed by atoms with Gasteiger partial charge in [-0.25, -0.2) is 8.78 Å². The van der Waals surface area contributed by atoms with E-state index in [0.717, 1.165) is 52.2 Å². The van der Waals surface area contributed by atoms with Gasteiger partial charge in [0.1, 0.15) is 0 Å². The maximum Gasteiger partial charge on any atom is 0.307 e. The third-order valence-corrected chi connectivity index (χ3v) is 6.93. The van der Waals surface area contributed by atoms with E-state index in [-0.39, 0.29) is 10.4 Å². The zero-order chi connectivity index (χ0) is 25.7. The number of thiazole rings is 1. The third-order valence-electron chi connectivity index (χ3n) is 5.91. The summed E-state index contributed by atoms with van der Waals surface area (Å²) in [7, 11) is 1.76. The highest BCUT2D eigenvalue weighted by atomic mass is 32.1. The highest BCUT2D eigenvalue weighted by Gasteiger charge is 2.24. The highest BCUT2D eigenvalue weighted by Crippen LogP contribution is 2.41. The molecule has 2 aromatic heterocycles. The first kappa shape index (κ1) is 26.5. The molecular weight excluding hydrogens is 464 g/mol. The standard InChI is InChI=1S/C24H21F2N3OS.2C2H6/c1-14-5-6-16(13-27-14)18-10-15-4-3-9-29(20(15)12-19(18)23(25)26)17-7-8-22-21(11-17)28(2)24(30)31-22;2*1-2/h5-8,10-13,23H,3-4,9H2,1-2H3;2*1-2H3. The largest absolute Gasteiger partial charge is 0.341 e. The van der Waals surface area contributed by atoms with Crippen molar-refractivity contribution in [3.63, 3.8) is 0 Å². The lowest BCUT2D eigenvalue weighted by Gasteiger charge is -2.32. The lowest BCUT2D eigenvalue weighted by atomic mass is 9.92. The third kappa shape index (κ3) is 5.30. The van der Waals surface area contributed by atoms with Crippen LogP contribution in [0.25, 0.3) is 21.3 Å². The Morgan fingerprint density at radius 1 is 1.03 bits per heavy atom. The molecule has 0 fully saturated rings. The highest BCUT2D eigenvalue weighted by molar-refractivity contribution is 7.16. The first-order valence-corrected chi connectivity index (χ1v) is 13.0. The van der Waals surface area contributed by atoms with Gasteiger partial charge in [0.25, 0.3) is 6.43 Å². The fraction of sp³-hybridized carbons (Fsp3) is 0.357. The van der Waals surface area contributed by atoms with Gasteiger partial charge in [-0.3, -0.25) is 9.78 Å². The minimum Gasteiger partial charge on any atom is -0.341 e. The van der Waals surface area contributed by atoms with Crippen molar-refractivity contribution in [3.05, 3.63) is 75.1 Å². The molecule has 0 spiro atoms. The van der Waals surface area contributed by atoms with Crippen molar-refractivity contribution in [2.45, 2.75) is 53.9 Å². The lowest BCUT2D eigenvalue weighted by molar-refractivity contribution is 0.152. The molecule has 0 unspecified atom stereocenters. The molecule has 0 bridgehead atoms. The number of benzene rings is 2. The molecule has 3 heterocycles. The van der Waals surface area contributed by atoms with Crippen molar-refractivity contribution >= 4 is 32.9 Å². The summed E-state index contributed by atoms with van der Waals surface area (Å²) in [6.45, 7) is 10.6. The van der Waals surface area contributed by atoms with Gasteiger partial charge in [0.05, 0.1) is 10.2 Å². The Morgan fingerprint density at radius 2 is 1.77 bits per heavy atom. The van der Waals surface area contributed by atoms with E-state index in [1.54, 1.807) is 23.9 Å². The Bertz CT molecular complexity index is 1340. The second-order valence-electron chi connectivity index (χ2n) is 7.89. The van der Waals surface area contributed by atoms with Crippen LogP contribution in [0.5, 0.6) is 0 Å². The second kappa shape index (κ2) is 11.6. The molecule has 1 aliphatic heterocycles. The van der Waals surface area contributed by atoms with Gasteiger partial charge in [0.2, 0.25) is 0 Å². The molecule has 5 rings (SSSR count). The summed E-state index contributed by atoms with van der Waals surface area (Å²) in [6, 6.07) is 13.1. The molecule has 7 heteroatoms. The van der Waals surface area contributed by atoms with E-state index >= 15 is 0 Å². The van der Waals surface area contributed by atoms with Crippen LogP contribution >= 0.6 is 11.3 Å². The molecule has 0 aliphatic carbocycles. The number of halogens is 2. The van der Waals surface area contributed by atoms with Crippen molar-refractivity contribution in [2.24, 2.45) is 7.05 Å². The normalized spacial score (nSPS) is 12.5. The van der Waals surface area contributed by atoms with Gasteiger partial charge in [-0.15, -0.1) is 0 Å². The summed E-state index contributed by atoms with van der Waals surface area (Å²) in [4.78, 5) is 18.4. The number of nitrogens with zero attached hydrogens (tertiary/aromatic N) is 3. The van der Waals surface area contributed by atoms with Gasteiger partial charge >= 0.3 is 4.87 Å². The fourth-order valence-corrected chi connectivity index (χ4v) is 5.12. The van der Waals surface area contributed by atoms with E-state index in [1.807, 2.05) is 71.0 Å². The van der Waals surface area contributed by atoms with Crippen molar-refractivity contribution in [1.29, 1.82) is 0 Å². The maximum atomic E-state index is 14.1. The molecule has 0 saturated carbocycles. The maximum absolute atomic E-state index is 14.1. The number of aromatic nitrogens is 2. The van der Waals surface area contributed by atoms with Gasteiger partial charge in [-0.2, -0.15) is 0 Å². The molecule has 4 nitrogen and oxygen atoms in total. The average Bonchev–Trinajstić information content (AvgIpc) is 3.18. The van der Waals surface area contributed by atoms with Crippen LogP contribution in [0.15, 0.2) is 53.5 Å². The fourth-order valence-electron chi connectivity index (χ4n) is 4.26. The van der Waals surface area contributed by atoms with Crippen LogP contribution in [-0.2, 0) is 13.5 Å². The number of anilines is 2. The number of hydrogen-bond donors (Lipinski definition) is 0. The Kier molecular flexibility index (Phi) is 8.78. The number of alkyl halides is 2. The topological polar surface area (TPSA) is 38.1 Å². The van der Waals surface area contributed by atoms with Gasteiger partial charge in [0.15, 0.2) is 0 Å². The van der Waals surface area contributed by atoms with Crippen molar-refractivity contribution in [2.75, 3.05) is 11.4 Å². The first-order valence-electron chi connectivity index (χ1n) is 12.2. The second-order valence-corrected chi connectivity index (χ2v) is 8.88. The van der Waals surface area contributed by atoms with Crippen LogP contribution in [0.3, 0.4) is 0 Å². The van der Waals surface area contributed by atoms with E-state index < -0.39 is 6.43 Å². The van der Waals surface area contributed by atoms with Gasteiger partial charge in [-0.1, -0.05) is 45.1 Å². The molecule has 0 amide bonds. The van der Waals surface area contributed by atoms with Crippen molar-refractivity contribution in [3.8, 4) is 11.1 Å². The summed E-state index contributed by atoms with van der Waals surface area (Å²) in [5.41, 5.74) is 5.73. The Hall–Kier alpha value is -3.06. The van der Waals surface area contributed by atoms with Crippen molar-refractivity contribution < 1.29 is 8.78 Å². The van der Waals surface area contributed by atoms with Crippen LogP contribution in [0.2, 0.25) is 0 Å². The number of hydrogen-bond acceptors (Lipinski definition) is 4. The van der Waals surface area contributed by atoms with Crippen LogP contribution < -0.4 is 9.77 Å². The molecule has 35 heavy (non-hydrogen) atoms. The van der Waals surface area contributed by atoms with Crippen LogP contribution in [-0.4, -0.2) is 16.1 Å². The van der Waals surface area contributed by atoms with E-state index in [9.17, 15) is 13.6 Å². The number of rotatable bonds is 3. The summed E-state index contributed by atoms with van der Waals surface area (Å²) < 4.78 is 30.7. The smallest absolute Gasteiger partial charge is 0.307 e. The average molecular weight is 498 g/mol. The Balaban J connectivity index is 0.000000815. The van der Waals surface area contributed by atoms with E-state index in [0.29, 0.717) is 11.1 Å². The number of aryl methyl sites for hydroxylation is 3. The van der Waals surface area contributed by atoms with Crippen LogP contribution in [0, 0.1) is 6.92 Å².